The highest BCUT2D eigenvalue weighted by Gasteiger charge is 2.28. The minimum absolute atomic E-state index is 0.0400. The maximum absolute atomic E-state index is 11.6. The van der Waals surface area contributed by atoms with Gasteiger partial charge in [-0.3, -0.25) is 20.3 Å². The van der Waals surface area contributed by atoms with E-state index in [-0.39, 0.29) is 29.9 Å². The summed E-state index contributed by atoms with van der Waals surface area (Å²) < 4.78 is 0. The topological polar surface area (TPSA) is 131 Å². The lowest BCUT2D eigenvalue weighted by molar-refractivity contribution is -0.384. The second-order valence-electron chi connectivity index (χ2n) is 4.04. The summed E-state index contributed by atoms with van der Waals surface area (Å²) in [7, 11) is 1.68. The van der Waals surface area contributed by atoms with Gasteiger partial charge in [0, 0.05) is 20.1 Å². The number of nitrogens with zero attached hydrogens (tertiary/aromatic N) is 5. The average Bonchev–Trinajstić information content (AvgIpc) is 2.41. The molecule has 0 radical (unpaired) electrons. The standard InChI is InChI=1S/C9H13N7O3/c1-14-2-3-15(5-7(14)17)8-6(16(18)19)4-11-9(12-8)13-10/h4H,2-3,5,10H2,1H3,(H,11,12,13). The van der Waals surface area contributed by atoms with Crippen LogP contribution in [-0.2, 0) is 4.79 Å². The van der Waals surface area contributed by atoms with Crippen LogP contribution >= 0.6 is 0 Å². The van der Waals surface area contributed by atoms with Crippen molar-refractivity contribution in [2.75, 3.05) is 37.0 Å². The molecule has 0 unspecified atom stereocenters. The molecular formula is C9H13N7O3. The summed E-state index contributed by atoms with van der Waals surface area (Å²) in [6, 6.07) is 0. The Morgan fingerprint density at radius 3 is 2.84 bits per heavy atom. The lowest BCUT2D eigenvalue weighted by atomic mass is 10.3. The Bertz CT molecular complexity index is 521. The van der Waals surface area contributed by atoms with Gasteiger partial charge in [-0.15, -0.1) is 0 Å². The number of piperazine rings is 1. The monoisotopic (exact) mass is 267 g/mol. The summed E-state index contributed by atoms with van der Waals surface area (Å²) in [6.45, 7) is 0.980. The van der Waals surface area contributed by atoms with Gasteiger partial charge in [0.05, 0.1) is 11.5 Å². The Morgan fingerprint density at radius 1 is 1.53 bits per heavy atom. The molecule has 3 N–H and O–H groups in total. The van der Waals surface area contributed by atoms with Crippen molar-refractivity contribution in [3.8, 4) is 0 Å². The number of anilines is 2. The summed E-state index contributed by atoms with van der Waals surface area (Å²) in [5.41, 5.74) is 1.97. The van der Waals surface area contributed by atoms with Crippen LogP contribution in [0, 0.1) is 10.1 Å². The molecule has 2 heterocycles. The van der Waals surface area contributed by atoms with E-state index < -0.39 is 4.92 Å². The van der Waals surface area contributed by atoms with Gasteiger partial charge in [0.25, 0.3) is 0 Å². The number of likely N-dealkylation sites (N-methyl/N-ethyl adjacent to an activating group) is 1. The van der Waals surface area contributed by atoms with E-state index in [0.29, 0.717) is 13.1 Å². The van der Waals surface area contributed by atoms with Crippen LogP contribution in [0.3, 0.4) is 0 Å². The van der Waals surface area contributed by atoms with Crippen LogP contribution < -0.4 is 16.2 Å². The highest BCUT2D eigenvalue weighted by atomic mass is 16.6. The molecule has 19 heavy (non-hydrogen) atoms. The number of nitrogen functional groups attached to an aromatic ring is 1. The molecule has 1 aliphatic rings. The Hall–Kier alpha value is -2.49. The second kappa shape index (κ2) is 5.02. The average molecular weight is 267 g/mol. The van der Waals surface area contributed by atoms with Gasteiger partial charge in [0.15, 0.2) is 0 Å². The number of nitrogens with one attached hydrogen (secondary N) is 1. The van der Waals surface area contributed by atoms with Gasteiger partial charge >= 0.3 is 5.69 Å². The fourth-order valence-corrected chi connectivity index (χ4v) is 1.74. The molecule has 10 nitrogen and oxygen atoms in total. The normalized spacial score (nSPS) is 15.6. The zero-order valence-corrected chi connectivity index (χ0v) is 10.2. The number of carbonyl (C=O) groups excluding carboxylic acids is 1. The molecule has 1 aromatic heterocycles. The van der Waals surface area contributed by atoms with Crippen molar-refractivity contribution in [1.29, 1.82) is 0 Å². The number of nitro groups is 1. The molecule has 0 atom stereocenters. The van der Waals surface area contributed by atoms with E-state index in [0.717, 1.165) is 6.20 Å². The van der Waals surface area contributed by atoms with E-state index in [4.69, 9.17) is 5.84 Å². The smallest absolute Gasteiger partial charge is 0.329 e. The number of hydrogen-bond acceptors (Lipinski definition) is 8. The van der Waals surface area contributed by atoms with Crippen molar-refractivity contribution in [3.63, 3.8) is 0 Å². The summed E-state index contributed by atoms with van der Waals surface area (Å²) in [6.07, 6.45) is 1.07. The highest BCUT2D eigenvalue weighted by Crippen LogP contribution is 2.26. The molecule has 2 rings (SSSR count). The Kier molecular flexibility index (Phi) is 3.42. The molecule has 10 heteroatoms. The third-order valence-corrected chi connectivity index (χ3v) is 2.83. The van der Waals surface area contributed by atoms with Crippen LogP contribution in [0.25, 0.3) is 0 Å². The minimum atomic E-state index is -0.585. The van der Waals surface area contributed by atoms with Crippen LogP contribution in [0.5, 0.6) is 0 Å². The highest BCUT2D eigenvalue weighted by molar-refractivity contribution is 5.83. The van der Waals surface area contributed by atoms with E-state index in [1.54, 1.807) is 16.8 Å². The third-order valence-electron chi connectivity index (χ3n) is 2.83. The van der Waals surface area contributed by atoms with Gasteiger partial charge in [-0.05, 0) is 0 Å². The molecule has 0 saturated carbocycles. The fourth-order valence-electron chi connectivity index (χ4n) is 1.74. The van der Waals surface area contributed by atoms with Crippen molar-refractivity contribution in [1.82, 2.24) is 14.9 Å². The molecule has 102 valence electrons. The van der Waals surface area contributed by atoms with Crippen molar-refractivity contribution >= 4 is 23.4 Å². The van der Waals surface area contributed by atoms with Gasteiger partial charge in [-0.25, -0.2) is 10.8 Å². The third kappa shape index (κ3) is 2.52. The zero-order chi connectivity index (χ0) is 14.0. The molecule has 1 amide bonds. The van der Waals surface area contributed by atoms with Crippen molar-refractivity contribution < 1.29 is 9.72 Å². The largest absolute Gasteiger partial charge is 0.342 e. The first-order valence-electron chi connectivity index (χ1n) is 5.50. The molecule has 1 fully saturated rings. The van der Waals surface area contributed by atoms with Crippen molar-refractivity contribution in [2.24, 2.45) is 5.84 Å². The minimum Gasteiger partial charge on any atom is -0.342 e. The van der Waals surface area contributed by atoms with Gasteiger partial charge in [-0.2, -0.15) is 4.98 Å². The van der Waals surface area contributed by atoms with Gasteiger partial charge < -0.3 is 9.80 Å². The zero-order valence-electron chi connectivity index (χ0n) is 10.2. The summed E-state index contributed by atoms with van der Waals surface area (Å²) in [5, 5.41) is 11.0. The Morgan fingerprint density at radius 2 is 2.26 bits per heavy atom. The van der Waals surface area contributed by atoms with E-state index >= 15 is 0 Å². The predicted molar refractivity (Wildman–Crippen MR) is 66.3 cm³/mol. The molecule has 1 aromatic rings. The van der Waals surface area contributed by atoms with Gasteiger partial charge in [0.1, 0.15) is 6.20 Å². The summed E-state index contributed by atoms with van der Waals surface area (Å²) in [4.78, 5) is 32.8. The van der Waals surface area contributed by atoms with Crippen LogP contribution in [0.1, 0.15) is 0 Å². The van der Waals surface area contributed by atoms with Crippen LogP contribution in [-0.4, -0.2) is 52.4 Å². The molecule has 0 aliphatic carbocycles. The second-order valence-corrected chi connectivity index (χ2v) is 4.04. The number of aromatic nitrogens is 2. The van der Waals surface area contributed by atoms with Crippen molar-refractivity contribution in [3.05, 3.63) is 16.3 Å². The summed E-state index contributed by atoms with van der Waals surface area (Å²) >= 11 is 0. The molecule has 1 saturated heterocycles. The number of nitrogens with two attached hydrogens (primary N) is 1. The number of amides is 1. The van der Waals surface area contributed by atoms with Crippen molar-refractivity contribution in [2.45, 2.75) is 0 Å². The van der Waals surface area contributed by atoms with Crippen LogP contribution in [0.15, 0.2) is 6.20 Å². The molecule has 0 spiro atoms. The first-order valence-corrected chi connectivity index (χ1v) is 5.50. The summed E-state index contributed by atoms with van der Waals surface area (Å²) in [5.74, 6) is 5.22. The van der Waals surface area contributed by atoms with Gasteiger partial charge in [-0.1, -0.05) is 0 Å². The fraction of sp³-hybridized carbons (Fsp3) is 0.444. The first-order chi connectivity index (χ1) is 9.02. The molecular weight excluding hydrogens is 254 g/mol. The first kappa shape index (κ1) is 13.0. The maximum atomic E-state index is 11.6. The van der Waals surface area contributed by atoms with E-state index in [9.17, 15) is 14.9 Å². The van der Waals surface area contributed by atoms with Crippen LogP contribution in [0.4, 0.5) is 17.5 Å². The number of hydrogen-bond donors (Lipinski definition) is 2. The maximum Gasteiger partial charge on any atom is 0.329 e. The quantitative estimate of drug-likeness (QED) is 0.403. The lowest BCUT2D eigenvalue weighted by Crippen LogP contribution is -2.49. The predicted octanol–water partition coefficient (Wildman–Crippen LogP) is -1.05. The number of carbonyl (C=O) groups is 1. The van der Waals surface area contributed by atoms with E-state index in [1.165, 1.54) is 0 Å². The Labute approximate surface area is 108 Å². The number of hydrazine groups is 1. The molecule has 0 bridgehead atoms. The number of rotatable bonds is 3. The van der Waals surface area contributed by atoms with Gasteiger partial charge in [0.2, 0.25) is 17.7 Å². The Balaban J connectivity index is 2.36. The molecule has 1 aliphatic heterocycles. The van der Waals surface area contributed by atoms with E-state index in [2.05, 4.69) is 15.4 Å². The van der Waals surface area contributed by atoms with E-state index in [1.807, 2.05) is 0 Å². The molecule has 0 aromatic carbocycles. The van der Waals surface area contributed by atoms with Crippen LogP contribution in [0.2, 0.25) is 0 Å². The SMILES string of the molecule is CN1CCN(c2nc(NN)ncc2[N+](=O)[O-])CC1=O. The lowest BCUT2D eigenvalue weighted by Gasteiger charge is -2.32.